The van der Waals surface area contributed by atoms with Gasteiger partial charge in [0.2, 0.25) is 5.91 Å². The van der Waals surface area contributed by atoms with Crippen molar-refractivity contribution in [2.45, 2.75) is 26.6 Å². The van der Waals surface area contributed by atoms with E-state index in [9.17, 15) is 22.8 Å². The molecule has 0 aliphatic heterocycles. The number of rotatable bonds is 4. The monoisotopic (exact) mass is 441 g/mol. The van der Waals surface area contributed by atoms with Crippen LogP contribution in [0.3, 0.4) is 0 Å². The zero-order valence-electron chi connectivity index (χ0n) is 17.1. The second-order valence-corrected chi connectivity index (χ2v) is 7.36. The first-order valence-corrected chi connectivity index (χ1v) is 9.61. The zero-order chi connectivity index (χ0) is 23.0. The fraction of sp³-hybridized carbons (Fsp3) is 0.182. The molecular weight excluding hydrogens is 423 g/mol. The largest absolute Gasteiger partial charge is 0.416 e. The van der Waals surface area contributed by atoms with E-state index in [0.717, 1.165) is 45.6 Å². The summed E-state index contributed by atoms with van der Waals surface area (Å²) in [5.41, 5.74) is 2.23. The first kappa shape index (κ1) is 21.3. The van der Waals surface area contributed by atoms with Crippen molar-refractivity contribution >= 4 is 22.6 Å². The average Bonchev–Trinajstić information content (AvgIpc) is 3.17. The Morgan fingerprint density at radius 3 is 2.44 bits per heavy atom. The fourth-order valence-corrected chi connectivity index (χ4v) is 3.21. The van der Waals surface area contributed by atoms with E-state index in [1.54, 1.807) is 4.68 Å². The summed E-state index contributed by atoms with van der Waals surface area (Å²) >= 11 is 0. The third-order valence-corrected chi connectivity index (χ3v) is 5.10. The van der Waals surface area contributed by atoms with Crippen LogP contribution in [0.5, 0.6) is 0 Å². The molecule has 0 saturated heterocycles. The van der Waals surface area contributed by atoms with Crippen LogP contribution in [0, 0.1) is 13.8 Å². The van der Waals surface area contributed by atoms with Gasteiger partial charge in [0.1, 0.15) is 18.3 Å². The summed E-state index contributed by atoms with van der Waals surface area (Å²) in [7, 11) is 0. The third-order valence-electron chi connectivity index (χ3n) is 5.10. The second kappa shape index (κ2) is 7.95. The van der Waals surface area contributed by atoms with E-state index in [1.165, 1.54) is 12.5 Å². The summed E-state index contributed by atoms with van der Waals surface area (Å²) in [6.45, 7) is 3.62. The molecule has 4 rings (SSSR count). The van der Waals surface area contributed by atoms with Crippen molar-refractivity contribution in [3.05, 3.63) is 82.0 Å². The number of nitrogens with one attached hydrogen (secondary N) is 1. The summed E-state index contributed by atoms with van der Waals surface area (Å²) in [5.74, 6) is -0.574. The lowest BCUT2D eigenvalue weighted by atomic mass is 10.1. The molecule has 2 aromatic carbocycles. The van der Waals surface area contributed by atoms with Crippen molar-refractivity contribution in [3.63, 3.8) is 0 Å². The lowest BCUT2D eigenvalue weighted by Gasteiger charge is -2.10. The Labute approximate surface area is 180 Å². The maximum atomic E-state index is 12.8. The summed E-state index contributed by atoms with van der Waals surface area (Å²) in [6, 6.07) is 9.81. The molecule has 2 heterocycles. The van der Waals surface area contributed by atoms with Crippen LogP contribution >= 0.6 is 0 Å². The topological polar surface area (TPSA) is 81.8 Å². The van der Waals surface area contributed by atoms with Crippen molar-refractivity contribution in [3.8, 4) is 5.69 Å². The number of fused-ring (bicyclic) bond motifs is 1. The minimum Gasteiger partial charge on any atom is -0.325 e. The van der Waals surface area contributed by atoms with Gasteiger partial charge in [0.25, 0.3) is 5.56 Å². The lowest BCUT2D eigenvalue weighted by molar-refractivity contribution is -0.137. The number of amides is 1. The third kappa shape index (κ3) is 4.11. The van der Waals surface area contributed by atoms with Gasteiger partial charge in [0, 0.05) is 5.69 Å². The highest BCUT2D eigenvalue weighted by atomic mass is 19.4. The molecule has 32 heavy (non-hydrogen) atoms. The molecule has 4 aromatic rings. The smallest absolute Gasteiger partial charge is 0.325 e. The van der Waals surface area contributed by atoms with Crippen LogP contribution < -0.4 is 10.9 Å². The van der Waals surface area contributed by atoms with Gasteiger partial charge in [0.15, 0.2) is 5.65 Å². The normalized spacial score (nSPS) is 11.7. The molecule has 0 aliphatic rings. The number of aromatic nitrogens is 4. The van der Waals surface area contributed by atoms with E-state index in [-0.39, 0.29) is 17.6 Å². The molecule has 0 spiro atoms. The Morgan fingerprint density at radius 1 is 1.06 bits per heavy atom. The van der Waals surface area contributed by atoms with Gasteiger partial charge in [-0.1, -0.05) is 6.07 Å². The van der Waals surface area contributed by atoms with E-state index in [4.69, 9.17) is 0 Å². The van der Waals surface area contributed by atoms with Gasteiger partial charge in [-0.05, 0) is 61.4 Å². The first-order chi connectivity index (χ1) is 15.1. The highest BCUT2D eigenvalue weighted by Gasteiger charge is 2.30. The van der Waals surface area contributed by atoms with Crippen molar-refractivity contribution in [2.24, 2.45) is 0 Å². The first-order valence-electron chi connectivity index (χ1n) is 9.61. The SMILES string of the molecule is Cc1ccc(-n2ncc3c(=O)n(CC(=O)Nc4ccc(C(F)(F)F)cc4)cnc32)cc1C. The van der Waals surface area contributed by atoms with Crippen molar-refractivity contribution < 1.29 is 18.0 Å². The van der Waals surface area contributed by atoms with Gasteiger partial charge < -0.3 is 5.32 Å². The number of benzene rings is 2. The number of anilines is 1. The molecule has 0 atom stereocenters. The molecule has 7 nitrogen and oxygen atoms in total. The number of hydrogen-bond donors (Lipinski definition) is 1. The Bertz CT molecular complexity index is 1370. The average molecular weight is 441 g/mol. The van der Waals surface area contributed by atoms with E-state index >= 15 is 0 Å². The molecule has 0 radical (unpaired) electrons. The summed E-state index contributed by atoms with van der Waals surface area (Å²) in [4.78, 5) is 29.4. The van der Waals surface area contributed by atoms with Gasteiger partial charge in [-0.2, -0.15) is 18.3 Å². The van der Waals surface area contributed by atoms with Crippen LogP contribution in [-0.4, -0.2) is 25.2 Å². The van der Waals surface area contributed by atoms with Crippen LogP contribution in [-0.2, 0) is 17.5 Å². The summed E-state index contributed by atoms with van der Waals surface area (Å²) in [5, 5.41) is 6.98. The van der Waals surface area contributed by atoms with Gasteiger partial charge in [-0.15, -0.1) is 0 Å². The number of carbonyl (C=O) groups is 1. The molecule has 1 amide bonds. The van der Waals surface area contributed by atoms with Gasteiger partial charge in [0.05, 0.1) is 17.4 Å². The molecule has 0 saturated carbocycles. The number of aryl methyl sites for hydroxylation is 2. The second-order valence-electron chi connectivity index (χ2n) is 7.36. The van der Waals surface area contributed by atoms with Gasteiger partial charge in [-0.3, -0.25) is 14.2 Å². The molecule has 0 unspecified atom stereocenters. The van der Waals surface area contributed by atoms with Crippen LogP contribution in [0.15, 0.2) is 59.8 Å². The highest BCUT2D eigenvalue weighted by molar-refractivity contribution is 5.90. The molecule has 0 aliphatic carbocycles. The molecule has 164 valence electrons. The maximum Gasteiger partial charge on any atom is 0.416 e. The number of halogens is 3. The summed E-state index contributed by atoms with van der Waals surface area (Å²) in [6.07, 6.45) is -1.82. The minimum atomic E-state index is -4.46. The van der Waals surface area contributed by atoms with E-state index < -0.39 is 23.2 Å². The number of alkyl halides is 3. The Hall–Kier alpha value is -3.95. The predicted molar refractivity (Wildman–Crippen MR) is 113 cm³/mol. The van der Waals surface area contributed by atoms with Crippen molar-refractivity contribution in [1.82, 2.24) is 19.3 Å². The summed E-state index contributed by atoms with van der Waals surface area (Å²) < 4.78 is 40.6. The van der Waals surface area contributed by atoms with E-state index in [0.29, 0.717) is 5.65 Å². The molecule has 10 heteroatoms. The molecular formula is C22H18F3N5O2. The van der Waals surface area contributed by atoms with E-state index in [2.05, 4.69) is 15.4 Å². The van der Waals surface area contributed by atoms with Crippen LogP contribution in [0.2, 0.25) is 0 Å². The Balaban J connectivity index is 1.55. The van der Waals surface area contributed by atoms with Gasteiger partial charge >= 0.3 is 6.18 Å². The van der Waals surface area contributed by atoms with Crippen molar-refractivity contribution in [2.75, 3.05) is 5.32 Å². The Morgan fingerprint density at radius 2 is 1.78 bits per heavy atom. The highest BCUT2D eigenvalue weighted by Crippen LogP contribution is 2.29. The molecule has 1 N–H and O–H groups in total. The predicted octanol–water partition coefficient (Wildman–Crippen LogP) is 3.86. The van der Waals surface area contributed by atoms with Crippen LogP contribution in [0.25, 0.3) is 16.7 Å². The molecule has 0 bridgehead atoms. The number of hydrogen-bond acceptors (Lipinski definition) is 4. The fourth-order valence-electron chi connectivity index (χ4n) is 3.21. The lowest BCUT2D eigenvalue weighted by Crippen LogP contribution is -2.27. The van der Waals surface area contributed by atoms with Crippen LogP contribution in [0.4, 0.5) is 18.9 Å². The van der Waals surface area contributed by atoms with Gasteiger partial charge in [-0.25, -0.2) is 9.67 Å². The van der Waals surface area contributed by atoms with E-state index in [1.807, 2.05) is 32.0 Å². The zero-order valence-corrected chi connectivity index (χ0v) is 17.1. The van der Waals surface area contributed by atoms with Crippen LogP contribution in [0.1, 0.15) is 16.7 Å². The Kier molecular flexibility index (Phi) is 5.29. The molecule has 2 aromatic heterocycles. The minimum absolute atomic E-state index is 0.188. The quantitative estimate of drug-likeness (QED) is 0.522. The number of carbonyl (C=O) groups excluding carboxylic acids is 1. The molecule has 0 fully saturated rings. The van der Waals surface area contributed by atoms with Crippen molar-refractivity contribution in [1.29, 1.82) is 0 Å². The standard InChI is InChI=1S/C22H18F3N5O2/c1-13-3-8-17(9-14(13)2)30-20-18(10-27-30)21(32)29(12-26-20)11-19(31)28-16-6-4-15(5-7-16)22(23,24)25/h3-10,12H,11H2,1-2H3,(H,28,31). The maximum absolute atomic E-state index is 12.8. The number of nitrogens with zero attached hydrogens (tertiary/aromatic N) is 4.